The number of hydrogen-bond donors (Lipinski definition) is 2. The lowest BCUT2D eigenvalue weighted by atomic mass is 9.87. The minimum absolute atomic E-state index is 0.605. The molecule has 2 atom stereocenters. The zero-order valence-corrected chi connectivity index (χ0v) is 8.65. The standard InChI is InChI=1S/C11H13NO3/c1-10(8-6-4-3-5-7-8)11(2,14)12-9(13)15-10/h3-7,14H,1-2H3,(H,12,13)/t10-,11+/m1/s1. The van der Waals surface area contributed by atoms with Crippen LogP contribution in [0.5, 0.6) is 0 Å². The number of aliphatic hydroxyl groups is 1. The van der Waals surface area contributed by atoms with Crippen LogP contribution in [0.15, 0.2) is 30.3 Å². The Morgan fingerprint density at radius 2 is 1.87 bits per heavy atom. The van der Waals surface area contributed by atoms with Crippen molar-refractivity contribution in [1.82, 2.24) is 5.32 Å². The van der Waals surface area contributed by atoms with E-state index in [1.165, 1.54) is 6.92 Å². The van der Waals surface area contributed by atoms with Gasteiger partial charge in [0.15, 0.2) is 11.3 Å². The van der Waals surface area contributed by atoms with Crippen LogP contribution < -0.4 is 5.32 Å². The summed E-state index contributed by atoms with van der Waals surface area (Å²) < 4.78 is 5.15. The molecule has 0 aromatic heterocycles. The molecule has 1 fully saturated rings. The summed E-state index contributed by atoms with van der Waals surface area (Å²) in [7, 11) is 0. The topological polar surface area (TPSA) is 58.6 Å². The first kappa shape index (κ1) is 9.98. The number of amides is 1. The van der Waals surface area contributed by atoms with Crippen LogP contribution in [0.4, 0.5) is 4.79 Å². The summed E-state index contributed by atoms with van der Waals surface area (Å²) in [5, 5.41) is 12.5. The number of nitrogens with one attached hydrogen (secondary N) is 1. The highest BCUT2D eigenvalue weighted by Gasteiger charge is 2.55. The Labute approximate surface area is 87.9 Å². The highest BCUT2D eigenvalue weighted by Crippen LogP contribution is 2.38. The van der Waals surface area contributed by atoms with E-state index in [9.17, 15) is 9.90 Å². The van der Waals surface area contributed by atoms with Crippen LogP contribution in [-0.2, 0) is 10.3 Å². The molecule has 2 N–H and O–H groups in total. The number of cyclic esters (lactones) is 1. The van der Waals surface area contributed by atoms with Gasteiger partial charge >= 0.3 is 6.09 Å². The summed E-state index contributed by atoms with van der Waals surface area (Å²) in [6, 6.07) is 9.17. The number of carbonyl (C=O) groups is 1. The monoisotopic (exact) mass is 207 g/mol. The summed E-state index contributed by atoms with van der Waals surface area (Å²) in [4.78, 5) is 11.2. The molecule has 0 aliphatic carbocycles. The van der Waals surface area contributed by atoms with Crippen LogP contribution in [-0.4, -0.2) is 16.9 Å². The molecule has 0 radical (unpaired) electrons. The molecule has 4 nitrogen and oxygen atoms in total. The molecule has 2 rings (SSSR count). The molecule has 0 bridgehead atoms. The molecule has 0 unspecified atom stereocenters. The molecular weight excluding hydrogens is 194 g/mol. The molecule has 1 aromatic carbocycles. The van der Waals surface area contributed by atoms with Crippen molar-refractivity contribution in [3.63, 3.8) is 0 Å². The predicted molar refractivity (Wildman–Crippen MR) is 54.0 cm³/mol. The third kappa shape index (κ3) is 1.37. The summed E-state index contributed by atoms with van der Waals surface area (Å²) in [5.41, 5.74) is -1.69. The molecule has 0 spiro atoms. The van der Waals surface area contributed by atoms with Crippen molar-refractivity contribution < 1.29 is 14.6 Å². The van der Waals surface area contributed by atoms with Gasteiger partial charge in [0.1, 0.15) is 0 Å². The van der Waals surface area contributed by atoms with Crippen molar-refractivity contribution in [3.05, 3.63) is 35.9 Å². The zero-order valence-electron chi connectivity index (χ0n) is 8.65. The lowest BCUT2D eigenvalue weighted by molar-refractivity contribution is -0.0988. The fourth-order valence-electron chi connectivity index (χ4n) is 1.72. The SMILES string of the molecule is C[C@@]1(O)NC(=O)O[C@]1(C)c1ccccc1. The van der Waals surface area contributed by atoms with E-state index >= 15 is 0 Å². The Morgan fingerprint density at radius 3 is 2.33 bits per heavy atom. The lowest BCUT2D eigenvalue weighted by Crippen LogP contribution is -2.51. The van der Waals surface area contributed by atoms with Gasteiger partial charge in [-0.1, -0.05) is 30.3 Å². The first-order valence-corrected chi connectivity index (χ1v) is 4.75. The van der Waals surface area contributed by atoms with Gasteiger partial charge in [-0.15, -0.1) is 0 Å². The summed E-state index contributed by atoms with van der Waals surface area (Å²) >= 11 is 0. The Balaban J connectivity index is 2.47. The highest BCUT2D eigenvalue weighted by atomic mass is 16.6. The van der Waals surface area contributed by atoms with Gasteiger partial charge in [-0.2, -0.15) is 0 Å². The molecule has 80 valence electrons. The van der Waals surface area contributed by atoms with Gasteiger partial charge in [-0.25, -0.2) is 4.79 Å². The Hall–Kier alpha value is -1.55. The first-order chi connectivity index (χ1) is 6.96. The second kappa shape index (κ2) is 2.97. The average molecular weight is 207 g/mol. The third-order valence-corrected chi connectivity index (χ3v) is 2.90. The first-order valence-electron chi connectivity index (χ1n) is 4.75. The van der Waals surface area contributed by atoms with E-state index in [2.05, 4.69) is 5.32 Å². The van der Waals surface area contributed by atoms with Crippen LogP contribution in [0.2, 0.25) is 0 Å². The number of hydrogen-bond acceptors (Lipinski definition) is 3. The zero-order chi connectivity index (χ0) is 11.1. The van der Waals surface area contributed by atoms with E-state index in [-0.39, 0.29) is 0 Å². The lowest BCUT2D eigenvalue weighted by Gasteiger charge is -2.33. The number of benzene rings is 1. The van der Waals surface area contributed by atoms with Gasteiger partial charge in [0, 0.05) is 5.56 Å². The molecule has 1 aromatic rings. The molecule has 0 saturated carbocycles. The quantitative estimate of drug-likeness (QED) is 0.730. The molecular formula is C11H13NO3. The van der Waals surface area contributed by atoms with Gasteiger partial charge in [0.05, 0.1) is 0 Å². The van der Waals surface area contributed by atoms with Crippen LogP contribution >= 0.6 is 0 Å². The van der Waals surface area contributed by atoms with Crippen LogP contribution in [0, 0.1) is 0 Å². The van der Waals surface area contributed by atoms with E-state index < -0.39 is 17.4 Å². The number of carbonyl (C=O) groups excluding carboxylic acids is 1. The highest BCUT2D eigenvalue weighted by molar-refractivity contribution is 5.72. The van der Waals surface area contributed by atoms with Crippen LogP contribution in [0.3, 0.4) is 0 Å². The number of alkyl carbamates (subject to hydrolysis) is 1. The Morgan fingerprint density at radius 1 is 1.27 bits per heavy atom. The molecule has 1 amide bonds. The van der Waals surface area contributed by atoms with Crippen molar-refractivity contribution in [3.8, 4) is 0 Å². The van der Waals surface area contributed by atoms with Crippen molar-refractivity contribution in [2.45, 2.75) is 25.2 Å². The van der Waals surface area contributed by atoms with Crippen molar-refractivity contribution in [1.29, 1.82) is 0 Å². The predicted octanol–water partition coefficient (Wildman–Crippen LogP) is 1.35. The molecule has 1 heterocycles. The summed E-state index contributed by atoms with van der Waals surface area (Å²) in [6.07, 6.45) is -0.605. The minimum atomic E-state index is -1.40. The third-order valence-electron chi connectivity index (χ3n) is 2.90. The summed E-state index contributed by atoms with van der Waals surface area (Å²) in [5.74, 6) is 0. The minimum Gasteiger partial charge on any atom is -0.433 e. The number of ether oxygens (including phenoxy) is 1. The van der Waals surface area contributed by atoms with Crippen molar-refractivity contribution in [2.24, 2.45) is 0 Å². The van der Waals surface area contributed by atoms with Gasteiger partial charge in [0.2, 0.25) is 0 Å². The second-order valence-corrected chi connectivity index (χ2v) is 3.99. The fraction of sp³-hybridized carbons (Fsp3) is 0.364. The molecule has 15 heavy (non-hydrogen) atoms. The average Bonchev–Trinajstić information content (AvgIpc) is 2.38. The van der Waals surface area contributed by atoms with E-state index in [0.717, 1.165) is 5.56 Å². The van der Waals surface area contributed by atoms with Gasteiger partial charge in [0.25, 0.3) is 0 Å². The van der Waals surface area contributed by atoms with E-state index in [4.69, 9.17) is 4.74 Å². The van der Waals surface area contributed by atoms with E-state index in [1.54, 1.807) is 6.92 Å². The number of rotatable bonds is 1. The Kier molecular flexibility index (Phi) is 1.98. The normalized spacial score (nSPS) is 34.7. The maximum atomic E-state index is 11.2. The van der Waals surface area contributed by atoms with Crippen molar-refractivity contribution in [2.75, 3.05) is 0 Å². The second-order valence-electron chi connectivity index (χ2n) is 3.99. The van der Waals surface area contributed by atoms with E-state index in [1.807, 2.05) is 30.3 Å². The van der Waals surface area contributed by atoms with Gasteiger partial charge in [-0.05, 0) is 13.8 Å². The fourth-order valence-corrected chi connectivity index (χ4v) is 1.72. The largest absolute Gasteiger partial charge is 0.433 e. The van der Waals surface area contributed by atoms with Gasteiger partial charge < -0.3 is 9.84 Å². The summed E-state index contributed by atoms with van der Waals surface area (Å²) in [6.45, 7) is 3.20. The van der Waals surface area contributed by atoms with Crippen LogP contribution in [0.1, 0.15) is 19.4 Å². The molecule has 4 heteroatoms. The molecule has 1 aliphatic rings. The van der Waals surface area contributed by atoms with E-state index in [0.29, 0.717) is 0 Å². The molecule has 1 aliphatic heterocycles. The Bertz CT molecular complexity index is 388. The smallest absolute Gasteiger partial charge is 0.410 e. The van der Waals surface area contributed by atoms with Gasteiger partial charge in [-0.3, -0.25) is 5.32 Å². The maximum absolute atomic E-state index is 11.2. The maximum Gasteiger partial charge on any atom is 0.410 e. The van der Waals surface area contributed by atoms with Crippen molar-refractivity contribution >= 4 is 6.09 Å². The molecule has 1 saturated heterocycles. The van der Waals surface area contributed by atoms with Crippen LogP contribution in [0.25, 0.3) is 0 Å².